The third kappa shape index (κ3) is 4.19. The number of hydrogen-bond donors (Lipinski definition) is 0. The minimum Gasteiger partial charge on any atom is -0.370 e. The SMILES string of the molecule is O=C(N=S1(=O)CCN(c2ccc(Br)cc2)CC1)C(F)(F)F. The molecule has 0 N–H and O–H groups in total. The van der Waals surface area contributed by atoms with Gasteiger partial charge >= 0.3 is 12.1 Å². The first-order valence-corrected chi connectivity index (χ1v) is 8.68. The van der Waals surface area contributed by atoms with Crippen molar-refractivity contribution in [2.75, 3.05) is 29.5 Å². The fourth-order valence-corrected chi connectivity index (χ4v) is 3.99. The summed E-state index contributed by atoms with van der Waals surface area (Å²) >= 11 is 3.31. The lowest BCUT2D eigenvalue weighted by Gasteiger charge is -2.30. The number of hydrogen-bond acceptors (Lipinski definition) is 3. The van der Waals surface area contributed by atoms with Crippen LogP contribution in [0.15, 0.2) is 33.1 Å². The molecule has 0 aliphatic carbocycles. The highest BCUT2D eigenvalue weighted by Gasteiger charge is 2.40. The predicted octanol–water partition coefficient (Wildman–Crippen LogP) is 2.83. The maximum Gasteiger partial charge on any atom is 0.474 e. The molecule has 1 fully saturated rings. The third-order valence-corrected chi connectivity index (χ3v) is 5.71. The van der Waals surface area contributed by atoms with Crippen molar-refractivity contribution in [3.05, 3.63) is 28.7 Å². The van der Waals surface area contributed by atoms with E-state index in [1.54, 1.807) is 0 Å². The van der Waals surface area contributed by atoms with E-state index in [1.165, 1.54) is 0 Å². The van der Waals surface area contributed by atoms with E-state index in [0.717, 1.165) is 10.2 Å². The van der Waals surface area contributed by atoms with Crippen LogP contribution in [-0.2, 0) is 14.5 Å². The van der Waals surface area contributed by atoms with Gasteiger partial charge in [-0.1, -0.05) is 15.9 Å². The number of halogens is 4. The summed E-state index contributed by atoms with van der Waals surface area (Å²) in [7, 11) is -3.12. The summed E-state index contributed by atoms with van der Waals surface area (Å²) in [6.45, 7) is 0.601. The molecule has 0 bridgehead atoms. The maximum atomic E-state index is 12.2. The molecule has 116 valence electrons. The number of alkyl halides is 3. The van der Waals surface area contributed by atoms with E-state index in [4.69, 9.17) is 0 Å². The van der Waals surface area contributed by atoms with E-state index in [2.05, 4.69) is 20.3 Å². The highest BCUT2D eigenvalue weighted by Crippen LogP contribution is 2.22. The van der Waals surface area contributed by atoms with Crippen LogP contribution in [0.4, 0.5) is 18.9 Å². The van der Waals surface area contributed by atoms with Crippen LogP contribution in [0, 0.1) is 0 Å². The molecule has 9 heteroatoms. The summed E-state index contributed by atoms with van der Waals surface area (Å²) in [5.41, 5.74) is 0.891. The standard InChI is InChI=1S/C12H12BrF3N2O2S/c13-9-1-3-10(4-2-9)18-5-7-21(20,8-6-18)17-11(19)12(14,15)16/h1-4H,5-8H2. The molecular formula is C12H12BrF3N2O2S. The Bertz CT molecular complexity index is 637. The zero-order chi connectivity index (χ0) is 15.7. The fourth-order valence-electron chi connectivity index (χ4n) is 1.92. The molecule has 0 spiro atoms. The Hall–Kier alpha value is -1.09. The highest BCUT2D eigenvalue weighted by molar-refractivity contribution is 9.10. The van der Waals surface area contributed by atoms with E-state index >= 15 is 0 Å². The predicted molar refractivity (Wildman–Crippen MR) is 77.7 cm³/mol. The second-order valence-corrected chi connectivity index (χ2v) is 8.00. The molecule has 1 amide bonds. The zero-order valence-electron chi connectivity index (χ0n) is 10.8. The molecule has 0 unspecified atom stereocenters. The van der Waals surface area contributed by atoms with Crippen LogP contribution in [0.5, 0.6) is 0 Å². The quantitative estimate of drug-likeness (QED) is 0.747. The van der Waals surface area contributed by atoms with Gasteiger partial charge in [0.25, 0.3) is 0 Å². The summed E-state index contributed by atoms with van der Waals surface area (Å²) in [5, 5.41) is 0. The molecule has 1 aliphatic heterocycles. The Morgan fingerprint density at radius 3 is 2.19 bits per heavy atom. The highest BCUT2D eigenvalue weighted by atomic mass is 79.9. The van der Waals surface area contributed by atoms with Gasteiger partial charge in [0.2, 0.25) is 0 Å². The molecule has 1 aromatic carbocycles. The van der Waals surface area contributed by atoms with E-state index in [1.807, 2.05) is 29.2 Å². The third-order valence-electron chi connectivity index (χ3n) is 3.04. The number of amides is 1. The van der Waals surface area contributed by atoms with Gasteiger partial charge in [-0.2, -0.15) is 17.5 Å². The van der Waals surface area contributed by atoms with Crippen LogP contribution >= 0.6 is 15.9 Å². The second kappa shape index (κ2) is 5.96. The van der Waals surface area contributed by atoms with Crippen LogP contribution in [0.3, 0.4) is 0 Å². The Labute approximate surface area is 128 Å². The maximum absolute atomic E-state index is 12.2. The second-order valence-electron chi connectivity index (χ2n) is 4.54. The molecular weight excluding hydrogens is 373 g/mol. The lowest BCUT2D eigenvalue weighted by atomic mass is 10.3. The number of rotatable bonds is 1. The molecule has 1 aliphatic rings. The van der Waals surface area contributed by atoms with Crippen LogP contribution in [-0.4, -0.2) is 40.9 Å². The summed E-state index contributed by atoms with van der Waals surface area (Å²) < 4.78 is 52.5. The Kier molecular flexibility index (Phi) is 4.62. The molecule has 2 rings (SSSR count). The van der Waals surface area contributed by atoms with E-state index in [9.17, 15) is 22.2 Å². The van der Waals surface area contributed by atoms with Crippen molar-refractivity contribution in [3.8, 4) is 0 Å². The van der Waals surface area contributed by atoms with Gasteiger partial charge in [0, 0.05) is 34.8 Å². The van der Waals surface area contributed by atoms with E-state index in [0.29, 0.717) is 13.1 Å². The average Bonchev–Trinajstić information content (AvgIpc) is 2.39. The first-order valence-electron chi connectivity index (χ1n) is 6.04. The van der Waals surface area contributed by atoms with Crippen molar-refractivity contribution >= 4 is 37.3 Å². The van der Waals surface area contributed by atoms with Crippen molar-refractivity contribution in [1.82, 2.24) is 0 Å². The molecule has 1 heterocycles. The van der Waals surface area contributed by atoms with Crippen molar-refractivity contribution < 1.29 is 22.2 Å². The van der Waals surface area contributed by atoms with E-state index < -0.39 is 21.8 Å². The van der Waals surface area contributed by atoms with Gasteiger partial charge in [-0.15, -0.1) is 0 Å². The summed E-state index contributed by atoms with van der Waals surface area (Å²) in [6, 6.07) is 7.40. The Morgan fingerprint density at radius 2 is 1.71 bits per heavy atom. The number of nitrogens with zero attached hydrogens (tertiary/aromatic N) is 2. The van der Waals surface area contributed by atoms with E-state index in [-0.39, 0.29) is 11.5 Å². The molecule has 0 atom stereocenters. The number of carbonyl (C=O) groups is 1. The van der Waals surface area contributed by atoms with Crippen molar-refractivity contribution in [2.45, 2.75) is 6.18 Å². The first kappa shape index (κ1) is 16.3. The Balaban J connectivity index is 2.09. The number of anilines is 1. The Morgan fingerprint density at radius 1 is 1.19 bits per heavy atom. The molecule has 0 aromatic heterocycles. The van der Waals surface area contributed by atoms with Crippen LogP contribution in [0.2, 0.25) is 0 Å². The lowest BCUT2D eigenvalue weighted by Crippen LogP contribution is -2.41. The van der Waals surface area contributed by atoms with Gasteiger partial charge < -0.3 is 4.90 Å². The van der Waals surface area contributed by atoms with Gasteiger partial charge in [0.05, 0.1) is 9.73 Å². The molecule has 21 heavy (non-hydrogen) atoms. The number of benzene rings is 1. The number of carbonyl (C=O) groups excluding carboxylic acids is 1. The van der Waals surface area contributed by atoms with Crippen molar-refractivity contribution in [2.24, 2.45) is 4.36 Å². The monoisotopic (exact) mass is 384 g/mol. The van der Waals surface area contributed by atoms with Crippen LogP contribution in [0.1, 0.15) is 0 Å². The smallest absolute Gasteiger partial charge is 0.370 e. The zero-order valence-corrected chi connectivity index (χ0v) is 13.2. The molecule has 1 saturated heterocycles. The van der Waals surface area contributed by atoms with Gasteiger partial charge in [-0.05, 0) is 24.3 Å². The molecule has 0 radical (unpaired) electrons. The van der Waals surface area contributed by atoms with Gasteiger partial charge in [-0.25, -0.2) is 4.21 Å². The largest absolute Gasteiger partial charge is 0.474 e. The fraction of sp³-hybridized carbons (Fsp3) is 0.417. The summed E-state index contributed by atoms with van der Waals surface area (Å²) in [5.74, 6) is -2.36. The van der Waals surface area contributed by atoms with Crippen molar-refractivity contribution in [1.29, 1.82) is 0 Å². The molecule has 1 aromatic rings. The lowest BCUT2D eigenvalue weighted by molar-refractivity contribution is -0.169. The average molecular weight is 385 g/mol. The van der Waals surface area contributed by atoms with Crippen LogP contribution < -0.4 is 4.90 Å². The minimum atomic E-state index is -5.06. The van der Waals surface area contributed by atoms with Gasteiger partial charge in [-0.3, -0.25) is 4.79 Å². The summed E-state index contributed by atoms with van der Waals surface area (Å²) in [6.07, 6.45) is -5.06. The van der Waals surface area contributed by atoms with Crippen LogP contribution in [0.25, 0.3) is 0 Å². The van der Waals surface area contributed by atoms with Gasteiger partial charge in [0.1, 0.15) is 0 Å². The minimum absolute atomic E-state index is 0.0507. The summed E-state index contributed by atoms with van der Waals surface area (Å²) in [4.78, 5) is 12.7. The normalized spacial score (nSPS) is 18.4. The molecule has 0 saturated carbocycles. The molecule has 4 nitrogen and oxygen atoms in total. The van der Waals surface area contributed by atoms with Crippen molar-refractivity contribution in [3.63, 3.8) is 0 Å². The first-order chi connectivity index (χ1) is 9.70. The topological polar surface area (TPSA) is 49.7 Å². The van der Waals surface area contributed by atoms with Gasteiger partial charge in [0.15, 0.2) is 0 Å².